The number of hydrogen-bond donors (Lipinski definition) is 2. The zero-order chi connectivity index (χ0) is 15.5. The molecule has 21 heavy (non-hydrogen) atoms. The third-order valence-electron chi connectivity index (χ3n) is 3.92. The monoisotopic (exact) mass is 290 g/mol. The summed E-state index contributed by atoms with van der Waals surface area (Å²) < 4.78 is 0. The van der Waals surface area contributed by atoms with Gasteiger partial charge in [-0.2, -0.15) is 0 Å². The Labute approximate surface area is 125 Å². The molecule has 1 aliphatic carbocycles. The van der Waals surface area contributed by atoms with E-state index in [9.17, 15) is 14.7 Å². The number of aryl methyl sites for hydroxylation is 1. The van der Waals surface area contributed by atoms with Crippen molar-refractivity contribution in [2.45, 2.75) is 38.2 Å². The fourth-order valence-electron chi connectivity index (χ4n) is 2.70. The molecule has 1 fully saturated rings. The van der Waals surface area contributed by atoms with Gasteiger partial charge in [0.25, 0.3) is 0 Å². The van der Waals surface area contributed by atoms with E-state index in [1.54, 1.807) is 19.2 Å². The summed E-state index contributed by atoms with van der Waals surface area (Å²) in [5.74, 6) is -1.31. The van der Waals surface area contributed by atoms with Crippen molar-refractivity contribution in [3.05, 3.63) is 29.8 Å². The summed E-state index contributed by atoms with van der Waals surface area (Å²) in [6.45, 7) is 2.15. The van der Waals surface area contributed by atoms with Crippen LogP contribution in [0.4, 0.5) is 5.69 Å². The number of carbonyl (C=O) groups excluding carboxylic acids is 2. The van der Waals surface area contributed by atoms with E-state index in [1.807, 2.05) is 19.1 Å². The van der Waals surface area contributed by atoms with Crippen molar-refractivity contribution < 1.29 is 14.7 Å². The van der Waals surface area contributed by atoms with E-state index in [4.69, 9.17) is 0 Å². The van der Waals surface area contributed by atoms with Crippen LogP contribution in [0.5, 0.6) is 0 Å². The maximum Gasteiger partial charge on any atom is 0.313 e. The molecule has 114 valence electrons. The predicted molar refractivity (Wildman–Crippen MR) is 80.9 cm³/mol. The minimum atomic E-state index is -0.839. The third kappa shape index (κ3) is 4.04. The van der Waals surface area contributed by atoms with Gasteiger partial charge < -0.3 is 15.3 Å². The molecular formula is C16H22N2O3. The smallest absolute Gasteiger partial charge is 0.313 e. The van der Waals surface area contributed by atoms with Gasteiger partial charge in [0, 0.05) is 19.3 Å². The Kier molecular flexibility index (Phi) is 4.63. The van der Waals surface area contributed by atoms with Crippen LogP contribution in [-0.4, -0.2) is 41.0 Å². The van der Waals surface area contributed by atoms with Crippen LogP contribution in [0.3, 0.4) is 0 Å². The first kappa shape index (κ1) is 15.5. The van der Waals surface area contributed by atoms with E-state index in [0.29, 0.717) is 18.5 Å². The van der Waals surface area contributed by atoms with Crippen molar-refractivity contribution in [1.82, 2.24) is 4.90 Å². The first-order valence-electron chi connectivity index (χ1n) is 7.25. The highest BCUT2D eigenvalue weighted by Crippen LogP contribution is 2.29. The number of nitrogens with one attached hydrogen (secondary N) is 1. The summed E-state index contributed by atoms with van der Waals surface area (Å²) >= 11 is 0. The summed E-state index contributed by atoms with van der Waals surface area (Å²) in [6.07, 6.45) is 3.30. The molecule has 2 N–H and O–H groups in total. The van der Waals surface area contributed by atoms with Gasteiger partial charge in [0.2, 0.25) is 0 Å². The van der Waals surface area contributed by atoms with E-state index in [-0.39, 0.29) is 6.54 Å². The number of aliphatic hydroxyl groups is 1. The number of hydrogen-bond acceptors (Lipinski definition) is 3. The Balaban J connectivity index is 1.92. The minimum Gasteiger partial charge on any atom is -0.388 e. The maximum absolute atomic E-state index is 12.0. The zero-order valence-corrected chi connectivity index (χ0v) is 12.6. The Morgan fingerprint density at radius 1 is 1.24 bits per heavy atom. The highest BCUT2D eigenvalue weighted by molar-refractivity contribution is 6.39. The largest absolute Gasteiger partial charge is 0.388 e. The number of rotatable bonds is 3. The summed E-state index contributed by atoms with van der Waals surface area (Å²) in [5, 5.41) is 12.9. The molecule has 1 aliphatic rings. The fraction of sp³-hybridized carbons (Fsp3) is 0.500. The van der Waals surface area contributed by atoms with Gasteiger partial charge in [-0.3, -0.25) is 9.59 Å². The molecule has 0 radical (unpaired) electrons. The molecule has 0 aromatic heterocycles. The molecule has 0 bridgehead atoms. The topological polar surface area (TPSA) is 69.6 Å². The van der Waals surface area contributed by atoms with Crippen LogP contribution >= 0.6 is 0 Å². The standard InChI is InChI=1S/C16H22N2O3/c1-12-5-7-13(8-6-12)17-14(19)15(20)18(2)11-16(21)9-3-4-10-16/h5-8,21H,3-4,9-11H2,1-2H3,(H,17,19). The molecule has 0 aliphatic heterocycles. The second kappa shape index (κ2) is 6.26. The van der Waals surface area contributed by atoms with E-state index in [0.717, 1.165) is 18.4 Å². The van der Waals surface area contributed by atoms with Crippen LogP contribution in [0.2, 0.25) is 0 Å². The fourth-order valence-corrected chi connectivity index (χ4v) is 2.70. The van der Waals surface area contributed by atoms with Crippen molar-refractivity contribution in [2.75, 3.05) is 18.9 Å². The van der Waals surface area contributed by atoms with Crippen LogP contribution in [-0.2, 0) is 9.59 Å². The molecule has 5 nitrogen and oxygen atoms in total. The molecule has 1 aromatic rings. The molecule has 0 unspecified atom stereocenters. The maximum atomic E-state index is 12.0. The first-order chi connectivity index (χ1) is 9.89. The van der Waals surface area contributed by atoms with Gasteiger partial charge in [0.15, 0.2) is 0 Å². The van der Waals surface area contributed by atoms with E-state index >= 15 is 0 Å². The van der Waals surface area contributed by atoms with Gasteiger partial charge >= 0.3 is 11.8 Å². The van der Waals surface area contributed by atoms with Crippen LogP contribution in [0.25, 0.3) is 0 Å². The molecule has 5 heteroatoms. The third-order valence-corrected chi connectivity index (χ3v) is 3.92. The van der Waals surface area contributed by atoms with Crippen molar-refractivity contribution in [2.24, 2.45) is 0 Å². The number of benzene rings is 1. The lowest BCUT2D eigenvalue weighted by molar-refractivity contribution is -0.144. The molecule has 1 saturated carbocycles. The molecule has 2 rings (SSSR count). The van der Waals surface area contributed by atoms with Crippen LogP contribution < -0.4 is 5.32 Å². The lowest BCUT2D eigenvalue weighted by Gasteiger charge is -2.28. The molecular weight excluding hydrogens is 268 g/mol. The lowest BCUT2D eigenvalue weighted by Crippen LogP contribution is -2.45. The van der Waals surface area contributed by atoms with Crippen molar-refractivity contribution in [1.29, 1.82) is 0 Å². The Hall–Kier alpha value is -1.88. The zero-order valence-electron chi connectivity index (χ0n) is 12.6. The second-order valence-electron chi connectivity index (χ2n) is 5.91. The molecule has 0 atom stereocenters. The average Bonchev–Trinajstić information content (AvgIpc) is 2.86. The highest BCUT2D eigenvalue weighted by atomic mass is 16.3. The van der Waals surface area contributed by atoms with Gasteiger partial charge in [-0.1, -0.05) is 30.5 Å². The molecule has 0 heterocycles. The summed E-state index contributed by atoms with van der Waals surface area (Å²) in [5.41, 5.74) is 0.834. The number of carbonyl (C=O) groups is 2. The average molecular weight is 290 g/mol. The summed E-state index contributed by atoms with van der Waals surface area (Å²) in [7, 11) is 1.55. The first-order valence-corrected chi connectivity index (χ1v) is 7.25. The number of likely N-dealkylation sites (N-methyl/N-ethyl adjacent to an activating group) is 1. The van der Waals surface area contributed by atoms with Gasteiger partial charge in [-0.25, -0.2) is 0 Å². The van der Waals surface area contributed by atoms with E-state index in [1.165, 1.54) is 4.90 Å². The molecule has 2 amide bonds. The Morgan fingerprint density at radius 2 is 1.81 bits per heavy atom. The van der Waals surface area contributed by atoms with E-state index < -0.39 is 17.4 Å². The quantitative estimate of drug-likeness (QED) is 0.832. The Bertz CT molecular complexity index is 519. The summed E-state index contributed by atoms with van der Waals surface area (Å²) in [4.78, 5) is 25.3. The van der Waals surface area contributed by atoms with Gasteiger partial charge in [0.1, 0.15) is 0 Å². The van der Waals surface area contributed by atoms with Gasteiger partial charge in [-0.05, 0) is 31.9 Å². The predicted octanol–water partition coefficient (Wildman–Crippen LogP) is 1.70. The Morgan fingerprint density at radius 3 is 2.38 bits per heavy atom. The number of anilines is 1. The van der Waals surface area contributed by atoms with E-state index in [2.05, 4.69) is 5.32 Å². The minimum absolute atomic E-state index is 0.202. The van der Waals surface area contributed by atoms with Gasteiger partial charge in [0.05, 0.1) is 5.60 Å². The highest BCUT2D eigenvalue weighted by Gasteiger charge is 2.34. The SMILES string of the molecule is Cc1ccc(NC(=O)C(=O)N(C)CC2(O)CCCC2)cc1. The van der Waals surface area contributed by atoms with Crippen molar-refractivity contribution in [3.63, 3.8) is 0 Å². The molecule has 0 spiro atoms. The van der Waals surface area contributed by atoms with Crippen LogP contribution in [0, 0.1) is 6.92 Å². The van der Waals surface area contributed by atoms with Crippen LogP contribution in [0.15, 0.2) is 24.3 Å². The number of nitrogens with zero attached hydrogens (tertiary/aromatic N) is 1. The number of amides is 2. The normalized spacial score (nSPS) is 16.5. The van der Waals surface area contributed by atoms with Crippen molar-refractivity contribution in [3.8, 4) is 0 Å². The molecule has 1 aromatic carbocycles. The van der Waals surface area contributed by atoms with Gasteiger partial charge in [-0.15, -0.1) is 0 Å². The second-order valence-corrected chi connectivity index (χ2v) is 5.91. The van der Waals surface area contributed by atoms with Crippen LogP contribution in [0.1, 0.15) is 31.2 Å². The van der Waals surface area contributed by atoms with Crippen molar-refractivity contribution >= 4 is 17.5 Å². The lowest BCUT2D eigenvalue weighted by atomic mass is 10.0. The molecule has 0 saturated heterocycles. The summed E-state index contributed by atoms with van der Waals surface area (Å²) in [6, 6.07) is 7.24.